The zero-order valence-electron chi connectivity index (χ0n) is 11.5. The summed E-state index contributed by atoms with van der Waals surface area (Å²) in [6, 6.07) is 0. The van der Waals surface area contributed by atoms with Crippen molar-refractivity contribution in [2.24, 2.45) is 5.92 Å². The minimum atomic E-state index is 0.154. The van der Waals surface area contributed by atoms with Gasteiger partial charge in [-0.05, 0) is 32.7 Å². The standard InChI is InChI=1S/C14H25N3O/c1-3-18-13(11-7-5-4-6-8-11)14-16-10-12(17-14)9-15-2/h10-11,13,15H,3-9H2,1-2H3,(H,16,17). The number of aromatic amines is 1. The van der Waals surface area contributed by atoms with Crippen LogP contribution in [-0.2, 0) is 11.3 Å². The van der Waals surface area contributed by atoms with E-state index in [9.17, 15) is 0 Å². The highest BCUT2D eigenvalue weighted by molar-refractivity contribution is 5.05. The van der Waals surface area contributed by atoms with Crippen molar-refractivity contribution >= 4 is 0 Å². The molecule has 1 aromatic heterocycles. The van der Waals surface area contributed by atoms with Crippen molar-refractivity contribution in [2.45, 2.75) is 51.7 Å². The molecule has 0 amide bonds. The quantitative estimate of drug-likeness (QED) is 0.817. The highest BCUT2D eigenvalue weighted by Gasteiger charge is 2.27. The summed E-state index contributed by atoms with van der Waals surface area (Å²) in [6.45, 7) is 3.65. The monoisotopic (exact) mass is 251 g/mol. The molecular weight excluding hydrogens is 226 g/mol. The van der Waals surface area contributed by atoms with Crippen molar-refractivity contribution in [3.05, 3.63) is 17.7 Å². The van der Waals surface area contributed by atoms with Crippen molar-refractivity contribution in [2.75, 3.05) is 13.7 Å². The van der Waals surface area contributed by atoms with Crippen LogP contribution in [0.15, 0.2) is 6.20 Å². The Morgan fingerprint density at radius 2 is 2.22 bits per heavy atom. The fourth-order valence-electron chi connectivity index (χ4n) is 2.86. The van der Waals surface area contributed by atoms with Gasteiger partial charge in [0.15, 0.2) is 0 Å². The van der Waals surface area contributed by atoms with Gasteiger partial charge in [0, 0.05) is 25.0 Å². The van der Waals surface area contributed by atoms with Gasteiger partial charge >= 0.3 is 0 Å². The molecule has 4 heteroatoms. The topological polar surface area (TPSA) is 49.9 Å². The van der Waals surface area contributed by atoms with E-state index >= 15 is 0 Å². The van der Waals surface area contributed by atoms with Crippen LogP contribution >= 0.6 is 0 Å². The molecule has 4 nitrogen and oxygen atoms in total. The minimum absolute atomic E-state index is 0.154. The molecule has 1 atom stereocenters. The Kier molecular flexibility index (Phi) is 5.20. The van der Waals surface area contributed by atoms with Gasteiger partial charge in [-0.2, -0.15) is 0 Å². The van der Waals surface area contributed by atoms with E-state index in [4.69, 9.17) is 4.74 Å². The summed E-state index contributed by atoms with van der Waals surface area (Å²) in [5.74, 6) is 1.64. The molecule has 0 bridgehead atoms. The van der Waals surface area contributed by atoms with Gasteiger partial charge in [0.05, 0.1) is 0 Å². The number of rotatable bonds is 6. The lowest BCUT2D eigenvalue weighted by atomic mass is 9.85. The lowest BCUT2D eigenvalue weighted by molar-refractivity contribution is 0.000286. The molecule has 1 aromatic rings. The molecule has 0 aromatic carbocycles. The van der Waals surface area contributed by atoms with Gasteiger partial charge in [-0.25, -0.2) is 4.98 Å². The highest BCUT2D eigenvalue weighted by atomic mass is 16.5. The summed E-state index contributed by atoms with van der Waals surface area (Å²) >= 11 is 0. The molecule has 0 radical (unpaired) electrons. The molecule has 0 saturated heterocycles. The van der Waals surface area contributed by atoms with Crippen LogP contribution in [-0.4, -0.2) is 23.6 Å². The van der Waals surface area contributed by atoms with Gasteiger partial charge < -0.3 is 15.0 Å². The molecule has 1 unspecified atom stereocenters. The Labute approximate surface area is 110 Å². The number of aromatic nitrogens is 2. The lowest BCUT2D eigenvalue weighted by Crippen LogP contribution is -2.20. The van der Waals surface area contributed by atoms with Crippen LogP contribution in [0.2, 0.25) is 0 Å². The van der Waals surface area contributed by atoms with E-state index in [0.29, 0.717) is 5.92 Å². The average Bonchev–Trinajstić information content (AvgIpc) is 2.86. The van der Waals surface area contributed by atoms with E-state index < -0.39 is 0 Å². The first-order valence-electron chi connectivity index (χ1n) is 7.15. The van der Waals surface area contributed by atoms with Gasteiger partial charge in [0.25, 0.3) is 0 Å². The van der Waals surface area contributed by atoms with Crippen LogP contribution in [0.4, 0.5) is 0 Å². The SMILES string of the molecule is CCOC(c1ncc(CNC)[nH]1)C1CCCCC1. The number of nitrogens with zero attached hydrogens (tertiary/aromatic N) is 1. The van der Waals surface area contributed by atoms with Crippen molar-refractivity contribution in [1.82, 2.24) is 15.3 Å². The molecule has 2 rings (SSSR count). The van der Waals surface area contributed by atoms with Crippen molar-refractivity contribution in [1.29, 1.82) is 0 Å². The second-order valence-electron chi connectivity index (χ2n) is 5.10. The van der Waals surface area contributed by atoms with Gasteiger partial charge in [-0.1, -0.05) is 19.3 Å². The van der Waals surface area contributed by atoms with Gasteiger partial charge in [-0.3, -0.25) is 0 Å². The van der Waals surface area contributed by atoms with Crippen LogP contribution in [0.25, 0.3) is 0 Å². The van der Waals surface area contributed by atoms with Crippen LogP contribution in [0.1, 0.15) is 56.7 Å². The van der Waals surface area contributed by atoms with Crippen molar-refractivity contribution in [3.63, 3.8) is 0 Å². The second kappa shape index (κ2) is 6.90. The molecule has 18 heavy (non-hydrogen) atoms. The first-order chi connectivity index (χ1) is 8.85. The molecule has 1 aliphatic rings. The third kappa shape index (κ3) is 3.33. The summed E-state index contributed by atoms with van der Waals surface area (Å²) in [7, 11) is 1.95. The number of hydrogen-bond acceptors (Lipinski definition) is 3. The van der Waals surface area contributed by atoms with E-state index in [0.717, 1.165) is 24.7 Å². The molecule has 102 valence electrons. The highest BCUT2D eigenvalue weighted by Crippen LogP contribution is 2.35. The summed E-state index contributed by atoms with van der Waals surface area (Å²) in [6.07, 6.45) is 8.65. The predicted octanol–water partition coefficient (Wildman–Crippen LogP) is 2.79. The molecule has 1 saturated carbocycles. The van der Waals surface area contributed by atoms with Crippen LogP contribution in [0.5, 0.6) is 0 Å². The number of imidazole rings is 1. The zero-order chi connectivity index (χ0) is 12.8. The maximum absolute atomic E-state index is 5.94. The Morgan fingerprint density at radius 1 is 1.44 bits per heavy atom. The van der Waals surface area contributed by atoms with E-state index in [-0.39, 0.29) is 6.10 Å². The van der Waals surface area contributed by atoms with E-state index in [1.807, 2.05) is 13.2 Å². The maximum atomic E-state index is 5.94. The molecule has 0 spiro atoms. The predicted molar refractivity (Wildman–Crippen MR) is 72.3 cm³/mol. The second-order valence-corrected chi connectivity index (χ2v) is 5.10. The molecule has 2 N–H and O–H groups in total. The Morgan fingerprint density at radius 3 is 2.89 bits per heavy atom. The summed E-state index contributed by atoms with van der Waals surface area (Å²) in [5, 5.41) is 3.14. The number of H-pyrrole nitrogens is 1. The third-order valence-corrected chi connectivity index (χ3v) is 3.71. The summed E-state index contributed by atoms with van der Waals surface area (Å²) < 4.78 is 5.94. The summed E-state index contributed by atoms with van der Waals surface area (Å²) in [5.41, 5.74) is 1.13. The molecule has 1 fully saturated rings. The normalized spacial score (nSPS) is 19.0. The Hall–Kier alpha value is -0.870. The van der Waals surface area contributed by atoms with E-state index in [1.165, 1.54) is 32.1 Å². The minimum Gasteiger partial charge on any atom is -0.370 e. The maximum Gasteiger partial charge on any atom is 0.135 e. The average molecular weight is 251 g/mol. The Balaban J connectivity index is 2.06. The van der Waals surface area contributed by atoms with Crippen LogP contribution < -0.4 is 5.32 Å². The molecular formula is C14H25N3O. The van der Waals surface area contributed by atoms with Gasteiger partial charge in [0.2, 0.25) is 0 Å². The summed E-state index contributed by atoms with van der Waals surface area (Å²) in [4.78, 5) is 7.91. The van der Waals surface area contributed by atoms with Crippen molar-refractivity contribution in [3.8, 4) is 0 Å². The van der Waals surface area contributed by atoms with Crippen LogP contribution in [0.3, 0.4) is 0 Å². The van der Waals surface area contributed by atoms with Crippen LogP contribution in [0, 0.1) is 5.92 Å². The molecule has 1 aliphatic carbocycles. The smallest absolute Gasteiger partial charge is 0.135 e. The lowest BCUT2D eigenvalue weighted by Gasteiger charge is -2.28. The largest absolute Gasteiger partial charge is 0.370 e. The van der Waals surface area contributed by atoms with Gasteiger partial charge in [-0.15, -0.1) is 0 Å². The molecule has 1 heterocycles. The van der Waals surface area contributed by atoms with Crippen molar-refractivity contribution < 1.29 is 4.74 Å². The fourth-order valence-corrected chi connectivity index (χ4v) is 2.86. The fraction of sp³-hybridized carbons (Fsp3) is 0.786. The molecule has 0 aliphatic heterocycles. The number of ether oxygens (including phenoxy) is 1. The Bertz CT molecular complexity index is 345. The number of nitrogens with one attached hydrogen (secondary N) is 2. The van der Waals surface area contributed by atoms with E-state index in [1.54, 1.807) is 0 Å². The van der Waals surface area contributed by atoms with E-state index in [2.05, 4.69) is 22.2 Å². The first-order valence-corrected chi connectivity index (χ1v) is 7.15. The first kappa shape index (κ1) is 13.6. The zero-order valence-corrected chi connectivity index (χ0v) is 11.5. The third-order valence-electron chi connectivity index (χ3n) is 3.71. The number of hydrogen-bond donors (Lipinski definition) is 2. The van der Waals surface area contributed by atoms with Gasteiger partial charge in [0.1, 0.15) is 11.9 Å².